The van der Waals surface area contributed by atoms with E-state index in [-0.39, 0.29) is 29.4 Å². The van der Waals surface area contributed by atoms with Crippen molar-refractivity contribution in [2.24, 2.45) is 5.92 Å². The molecule has 0 N–H and O–H groups in total. The van der Waals surface area contributed by atoms with Crippen molar-refractivity contribution >= 4 is 27.7 Å². The Labute approximate surface area is 93.3 Å². The van der Waals surface area contributed by atoms with Crippen LogP contribution in [0.2, 0.25) is 0 Å². The first-order valence-corrected chi connectivity index (χ1v) is 5.69. The number of alkyl halides is 1. The normalized spacial score (nSPS) is 13.5. The van der Waals surface area contributed by atoms with Crippen LogP contribution in [0.1, 0.15) is 34.1 Å². The van der Waals surface area contributed by atoms with Crippen LogP contribution in [0.4, 0.5) is 0 Å². The summed E-state index contributed by atoms with van der Waals surface area (Å²) in [6.45, 7) is 7.15. The van der Waals surface area contributed by atoms with E-state index in [0.29, 0.717) is 0 Å². The van der Waals surface area contributed by atoms with Gasteiger partial charge in [0, 0.05) is 5.92 Å². The fourth-order valence-electron chi connectivity index (χ4n) is 0.879. The van der Waals surface area contributed by atoms with Crippen LogP contribution in [0.3, 0.4) is 0 Å². The van der Waals surface area contributed by atoms with Crippen molar-refractivity contribution < 1.29 is 14.3 Å². The first-order valence-electron chi connectivity index (χ1n) is 4.57. The summed E-state index contributed by atoms with van der Waals surface area (Å²) in [7, 11) is 0. The van der Waals surface area contributed by atoms with E-state index in [9.17, 15) is 9.59 Å². The Bertz CT molecular complexity index is 218. The third-order valence-electron chi connectivity index (χ3n) is 1.57. The van der Waals surface area contributed by atoms with Gasteiger partial charge in [-0.15, -0.1) is 0 Å². The minimum Gasteiger partial charge on any atom is -0.460 e. The third kappa shape index (κ3) is 6.13. The number of hydrogen-bond acceptors (Lipinski definition) is 3. The van der Waals surface area contributed by atoms with Crippen molar-refractivity contribution in [2.75, 3.05) is 5.33 Å². The second kappa shape index (κ2) is 5.49. The van der Waals surface area contributed by atoms with Gasteiger partial charge in [-0.05, 0) is 20.8 Å². The first kappa shape index (κ1) is 13.6. The molecule has 14 heavy (non-hydrogen) atoms. The van der Waals surface area contributed by atoms with E-state index in [2.05, 4.69) is 15.9 Å². The second-order valence-electron chi connectivity index (χ2n) is 4.29. The maximum Gasteiger partial charge on any atom is 0.307 e. The number of ether oxygens (including phenoxy) is 1. The van der Waals surface area contributed by atoms with Gasteiger partial charge >= 0.3 is 5.97 Å². The van der Waals surface area contributed by atoms with Crippen molar-refractivity contribution in [3.8, 4) is 0 Å². The molecule has 0 aromatic rings. The summed E-state index contributed by atoms with van der Waals surface area (Å²) >= 11 is 3.07. The van der Waals surface area contributed by atoms with Crippen molar-refractivity contribution in [1.82, 2.24) is 0 Å². The summed E-state index contributed by atoms with van der Waals surface area (Å²) in [4.78, 5) is 22.5. The van der Waals surface area contributed by atoms with Crippen LogP contribution in [0, 0.1) is 5.92 Å². The first-order chi connectivity index (χ1) is 6.26. The van der Waals surface area contributed by atoms with Crippen molar-refractivity contribution in [1.29, 1.82) is 0 Å². The molecule has 4 heteroatoms. The van der Waals surface area contributed by atoms with E-state index in [4.69, 9.17) is 4.74 Å². The number of Topliss-reactive ketones (excluding diaryl/α,β-unsaturated/α-hetero) is 1. The zero-order valence-corrected chi connectivity index (χ0v) is 10.7. The zero-order chi connectivity index (χ0) is 11.4. The summed E-state index contributed by atoms with van der Waals surface area (Å²) in [6, 6.07) is 0. The molecule has 0 aliphatic rings. The van der Waals surface area contributed by atoms with Gasteiger partial charge in [0.25, 0.3) is 0 Å². The highest BCUT2D eigenvalue weighted by molar-refractivity contribution is 9.09. The van der Waals surface area contributed by atoms with Gasteiger partial charge in [-0.2, -0.15) is 0 Å². The van der Waals surface area contributed by atoms with E-state index in [1.807, 2.05) is 20.8 Å². The molecular formula is C10H17BrO3. The number of ketones is 1. The Morgan fingerprint density at radius 3 is 2.21 bits per heavy atom. The molecule has 1 atom stereocenters. The molecule has 0 amide bonds. The molecule has 0 fully saturated rings. The lowest BCUT2D eigenvalue weighted by molar-refractivity contribution is -0.156. The fraction of sp³-hybridized carbons (Fsp3) is 0.800. The standard InChI is InChI=1S/C10H17BrO3/c1-7(8(12)6-11)5-9(13)14-10(2,3)4/h7H,5-6H2,1-4H3/t7-/m0/s1. The lowest BCUT2D eigenvalue weighted by atomic mass is 10.0. The summed E-state index contributed by atoms with van der Waals surface area (Å²) in [5.41, 5.74) is -0.478. The number of carbonyl (C=O) groups is 2. The number of esters is 1. The van der Waals surface area contributed by atoms with Crippen molar-refractivity contribution in [2.45, 2.75) is 39.7 Å². The summed E-state index contributed by atoms with van der Waals surface area (Å²) < 4.78 is 5.10. The van der Waals surface area contributed by atoms with Gasteiger partial charge in [0.05, 0.1) is 11.8 Å². The highest BCUT2D eigenvalue weighted by Crippen LogP contribution is 2.12. The lowest BCUT2D eigenvalue weighted by Gasteiger charge is -2.20. The molecule has 0 aliphatic carbocycles. The second-order valence-corrected chi connectivity index (χ2v) is 4.85. The number of hydrogen-bond donors (Lipinski definition) is 0. The fourth-order valence-corrected chi connectivity index (χ4v) is 1.43. The Morgan fingerprint density at radius 1 is 1.36 bits per heavy atom. The molecular weight excluding hydrogens is 248 g/mol. The summed E-state index contributed by atoms with van der Waals surface area (Å²) in [5, 5.41) is 0.289. The molecule has 0 aromatic carbocycles. The topological polar surface area (TPSA) is 43.4 Å². The highest BCUT2D eigenvalue weighted by atomic mass is 79.9. The average molecular weight is 265 g/mol. The molecule has 0 spiro atoms. The van der Waals surface area contributed by atoms with Crippen LogP contribution in [-0.4, -0.2) is 22.7 Å². The van der Waals surface area contributed by atoms with E-state index >= 15 is 0 Å². The molecule has 0 aromatic heterocycles. The molecule has 3 nitrogen and oxygen atoms in total. The predicted octanol–water partition coefficient (Wildman–Crippen LogP) is 2.32. The molecule has 0 unspecified atom stereocenters. The summed E-state index contributed by atoms with van der Waals surface area (Å²) in [6.07, 6.45) is 0.154. The summed E-state index contributed by atoms with van der Waals surface area (Å²) in [5.74, 6) is -0.570. The monoisotopic (exact) mass is 264 g/mol. The highest BCUT2D eigenvalue weighted by Gasteiger charge is 2.21. The van der Waals surface area contributed by atoms with Crippen molar-refractivity contribution in [3.05, 3.63) is 0 Å². The quantitative estimate of drug-likeness (QED) is 0.578. The predicted molar refractivity (Wildman–Crippen MR) is 58.4 cm³/mol. The van der Waals surface area contributed by atoms with E-state index < -0.39 is 5.60 Å². The average Bonchev–Trinajstić information content (AvgIpc) is 1.99. The Morgan fingerprint density at radius 2 is 1.86 bits per heavy atom. The molecule has 0 aliphatic heterocycles. The van der Waals surface area contributed by atoms with Crippen molar-refractivity contribution in [3.63, 3.8) is 0 Å². The van der Waals surface area contributed by atoms with Crippen LogP contribution in [-0.2, 0) is 14.3 Å². The van der Waals surface area contributed by atoms with Crippen LogP contribution < -0.4 is 0 Å². The maximum absolute atomic E-state index is 11.3. The minimum atomic E-state index is -0.478. The van der Waals surface area contributed by atoms with Gasteiger partial charge in [-0.3, -0.25) is 9.59 Å². The number of halogens is 1. The molecule has 82 valence electrons. The third-order valence-corrected chi connectivity index (χ3v) is 2.13. The lowest BCUT2D eigenvalue weighted by Crippen LogP contribution is -2.26. The Balaban J connectivity index is 4.01. The smallest absolute Gasteiger partial charge is 0.307 e. The van der Waals surface area contributed by atoms with Crippen LogP contribution in [0.25, 0.3) is 0 Å². The molecule has 0 radical (unpaired) electrons. The Kier molecular flexibility index (Phi) is 5.34. The molecule has 0 saturated carbocycles. The van der Waals surface area contributed by atoms with Gasteiger partial charge in [0.2, 0.25) is 0 Å². The molecule has 0 heterocycles. The number of rotatable bonds is 4. The van der Waals surface area contributed by atoms with Gasteiger partial charge in [-0.1, -0.05) is 22.9 Å². The van der Waals surface area contributed by atoms with Gasteiger partial charge in [0.15, 0.2) is 0 Å². The minimum absolute atomic E-state index is 0.0239. The van der Waals surface area contributed by atoms with Gasteiger partial charge in [-0.25, -0.2) is 0 Å². The molecule has 0 rings (SSSR count). The number of carbonyl (C=O) groups excluding carboxylic acids is 2. The Hall–Kier alpha value is -0.380. The van der Waals surface area contributed by atoms with E-state index in [0.717, 1.165) is 0 Å². The van der Waals surface area contributed by atoms with E-state index in [1.165, 1.54) is 0 Å². The largest absolute Gasteiger partial charge is 0.460 e. The molecule has 0 saturated heterocycles. The van der Waals surface area contributed by atoms with Gasteiger partial charge < -0.3 is 4.74 Å². The molecule has 0 bridgehead atoms. The van der Waals surface area contributed by atoms with Gasteiger partial charge in [0.1, 0.15) is 11.4 Å². The maximum atomic E-state index is 11.3. The van der Waals surface area contributed by atoms with Crippen LogP contribution in [0.15, 0.2) is 0 Å². The van der Waals surface area contributed by atoms with E-state index in [1.54, 1.807) is 6.92 Å². The van der Waals surface area contributed by atoms with Crippen LogP contribution in [0.5, 0.6) is 0 Å². The SMILES string of the molecule is C[C@@H](CC(=O)OC(C)(C)C)C(=O)CBr. The zero-order valence-electron chi connectivity index (χ0n) is 9.09. The van der Waals surface area contributed by atoms with Crippen LogP contribution >= 0.6 is 15.9 Å².